The zero-order valence-corrected chi connectivity index (χ0v) is 13.3. The number of halogens is 3. The summed E-state index contributed by atoms with van der Waals surface area (Å²) in [5.74, 6) is 0.259. The number of carbonyl (C=O) groups excluding carboxylic acids is 1. The highest BCUT2D eigenvalue weighted by molar-refractivity contribution is 6.35. The van der Waals surface area contributed by atoms with Gasteiger partial charge in [0, 0.05) is 20.8 Å². The van der Waals surface area contributed by atoms with Gasteiger partial charge in [0.1, 0.15) is 5.75 Å². The van der Waals surface area contributed by atoms with Crippen LogP contribution < -0.4 is 10.1 Å². The first-order chi connectivity index (χ1) is 9.94. The number of carbonyl (C=O) groups is 1. The Kier molecular flexibility index (Phi) is 5.34. The molecule has 0 aliphatic rings. The largest absolute Gasteiger partial charge is 0.481 e. The predicted octanol–water partition coefficient (Wildman–Crippen LogP) is 5.05. The quantitative estimate of drug-likeness (QED) is 0.842. The van der Waals surface area contributed by atoms with Crippen LogP contribution in [0.5, 0.6) is 5.75 Å². The Morgan fingerprint density at radius 3 is 2.14 bits per heavy atom. The van der Waals surface area contributed by atoms with Gasteiger partial charge >= 0.3 is 0 Å². The number of ether oxygens (including phenoxy) is 1. The molecule has 1 amide bonds. The van der Waals surface area contributed by atoms with Crippen molar-refractivity contribution >= 4 is 46.4 Å². The fourth-order valence-corrected chi connectivity index (χ4v) is 2.29. The van der Waals surface area contributed by atoms with Crippen LogP contribution in [-0.4, -0.2) is 12.0 Å². The van der Waals surface area contributed by atoms with Crippen molar-refractivity contribution in [1.82, 2.24) is 0 Å². The molecule has 0 fully saturated rings. The van der Waals surface area contributed by atoms with Crippen LogP contribution in [0.3, 0.4) is 0 Å². The second-order valence-corrected chi connectivity index (χ2v) is 5.67. The lowest BCUT2D eigenvalue weighted by Gasteiger charge is -2.15. The maximum atomic E-state index is 12.1. The summed E-state index contributed by atoms with van der Waals surface area (Å²) in [7, 11) is 0. The van der Waals surface area contributed by atoms with E-state index in [9.17, 15) is 4.79 Å². The van der Waals surface area contributed by atoms with Crippen LogP contribution in [-0.2, 0) is 4.79 Å². The highest BCUT2D eigenvalue weighted by Crippen LogP contribution is 2.23. The number of nitrogens with one attached hydrogen (secondary N) is 1. The van der Waals surface area contributed by atoms with E-state index in [1.807, 2.05) is 0 Å². The third-order valence-corrected chi connectivity index (χ3v) is 3.31. The molecule has 6 heteroatoms. The SMILES string of the molecule is C[C@H](Oc1ccc(Cl)cc1)C(=O)Nc1cc(Cl)cc(Cl)c1. The van der Waals surface area contributed by atoms with E-state index < -0.39 is 6.10 Å². The van der Waals surface area contributed by atoms with E-state index in [0.717, 1.165) is 0 Å². The molecule has 0 unspecified atom stereocenters. The topological polar surface area (TPSA) is 38.3 Å². The summed E-state index contributed by atoms with van der Waals surface area (Å²) < 4.78 is 5.53. The zero-order chi connectivity index (χ0) is 15.4. The summed E-state index contributed by atoms with van der Waals surface area (Å²) in [5, 5.41) is 4.20. The van der Waals surface area contributed by atoms with Crippen molar-refractivity contribution in [2.75, 3.05) is 5.32 Å². The van der Waals surface area contributed by atoms with Gasteiger partial charge < -0.3 is 10.1 Å². The third kappa shape index (κ3) is 4.81. The first-order valence-corrected chi connectivity index (χ1v) is 7.26. The molecule has 0 bridgehead atoms. The van der Waals surface area contributed by atoms with Gasteiger partial charge in [-0.25, -0.2) is 0 Å². The molecule has 3 nitrogen and oxygen atoms in total. The van der Waals surface area contributed by atoms with E-state index in [1.54, 1.807) is 49.4 Å². The van der Waals surface area contributed by atoms with Gasteiger partial charge in [-0.05, 0) is 49.4 Å². The van der Waals surface area contributed by atoms with Gasteiger partial charge in [0.2, 0.25) is 0 Å². The van der Waals surface area contributed by atoms with Gasteiger partial charge in [0.15, 0.2) is 6.10 Å². The minimum absolute atomic E-state index is 0.303. The summed E-state index contributed by atoms with van der Waals surface area (Å²) in [6, 6.07) is 11.6. The molecule has 0 saturated carbocycles. The third-order valence-electron chi connectivity index (χ3n) is 2.63. The van der Waals surface area contributed by atoms with E-state index in [-0.39, 0.29) is 5.91 Å². The highest BCUT2D eigenvalue weighted by Gasteiger charge is 2.15. The molecule has 2 aromatic carbocycles. The second-order valence-electron chi connectivity index (χ2n) is 4.36. The Morgan fingerprint density at radius 2 is 1.57 bits per heavy atom. The van der Waals surface area contributed by atoms with Crippen LogP contribution in [0.25, 0.3) is 0 Å². The van der Waals surface area contributed by atoms with Crippen LogP contribution in [0.1, 0.15) is 6.92 Å². The fourth-order valence-electron chi connectivity index (χ4n) is 1.64. The lowest BCUT2D eigenvalue weighted by atomic mass is 10.3. The molecule has 0 aliphatic carbocycles. The molecule has 0 aliphatic heterocycles. The number of anilines is 1. The standard InChI is InChI=1S/C15H12Cl3NO2/c1-9(21-14-4-2-10(16)3-5-14)15(20)19-13-7-11(17)6-12(18)8-13/h2-9H,1H3,(H,19,20)/t9-/m0/s1. The molecule has 2 aromatic rings. The van der Waals surface area contributed by atoms with Crippen LogP contribution in [0.4, 0.5) is 5.69 Å². The Hall–Kier alpha value is -1.42. The van der Waals surface area contributed by atoms with E-state index >= 15 is 0 Å². The van der Waals surface area contributed by atoms with Crippen LogP contribution in [0.15, 0.2) is 42.5 Å². The zero-order valence-electron chi connectivity index (χ0n) is 11.1. The summed E-state index contributed by atoms with van der Waals surface area (Å²) in [5.41, 5.74) is 0.518. The van der Waals surface area contributed by atoms with Crippen LogP contribution in [0.2, 0.25) is 15.1 Å². The van der Waals surface area contributed by atoms with Crippen LogP contribution in [0, 0.1) is 0 Å². The number of rotatable bonds is 4. The van der Waals surface area contributed by atoms with E-state index in [0.29, 0.717) is 26.5 Å². The van der Waals surface area contributed by atoms with Crippen LogP contribution >= 0.6 is 34.8 Å². The fraction of sp³-hybridized carbons (Fsp3) is 0.133. The average molecular weight is 345 g/mol. The minimum Gasteiger partial charge on any atom is -0.481 e. The summed E-state index contributed by atoms with van der Waals surface area (Å²) in [6.07, 6.45) is -0.677. The van der Waals surface area contributed by atoms with Gasteiger partial charge in [-0.2, -0.15) is 0 Å². The van der Waals surface area contributed by atoms with Crippen molar-refractivity contribution in [3.05, 3.63) is 57.5 Å². The second kappa shape index (κ2) is 7.03. The Labute approximate surface area is 137 Å². The number of hydrogen-bond acceptors (Lipinski definition) is 2. The number of hydrogen-bond donors (Lipinski definition) is 1. The minimum atomic E-state index is -0.677. The molecule has 2 rings (SSSR count). The molecule has 1 atom stereocenters. The average Bonchev–Trinajstić information content (AvgIpc) is 2.40. The molecular weight excluding hydrogens is 333 g/mol. The molecular formula is C15H12Cl3NO2. The molecule has 0 radical (unpaired) electrons. The summed E-state index contributed by atoms with van der Waals surface area (Å²) in [4.78, 5) is 12.1. The van der Waals surface area contributed by atoms with Gasteiger partial charge in [0.25, 0.3) is 5.91 Å². The number of amides is 1. The molecule has 0 saturated heterocycles. The lowest BCUT2D eigenvalue weighted by molar-refractivity contribution is -0.122. The van der Waals surface area contributed by atoms with Gasteiger partial charge in [-0.1, -0.05) is 34.8 Å². The molecule has 0 aromatic heterocycles. The van der Waals surface area contributed by atoms with Crippen molar-refractivity contribution < 1.29 is 9.53 Å². The molecule has 110 valence electrons. The van der Waals surface area contributed by atoms with E-state index in [4.69, 9.17) is 39.5 Å². The normalized spacial score (nSPS) is 11.8. The Bertz CT molecular complexity index is 624. The van der Waals surface area contributed by atoms with E-state index in [1.165, 1.54) is 0 Å². The van der Waals surface area contributed by atoms with Gasteiger partial charge in [0.05, 0.1) is 0 Å². The van der Waals surface area contributed by atoms with E-state index in [2.05, 4.69) is 5.32 Å². The first-order valence-electron chi connectivity index (χ1n) is 6.13. The Balaban J connectivity index is 2.00. The van der Waals surface area contributed by atoms with Crippen molar-refractivity contribution in [2.24, 2.45) is 0 Å². The molecule has 0 spiro atoms. The predicted molar refractivity (Wildman–Crippen MR) is 86.6 cm³/mol. The smallest absolute Gasteiger partial charge is 0.265 e. The maximum absolute atomic E-state index is 12.1. The summed E-state index contributed by atoms with van der Waals surface area (Å²) in [6.45, 7) is 1.65. The van der Waals surface area contributed by atoms with Gasteiger partial charge in [-0.15, -0.1) is 0 Å². The lowest BCUT2D eigenvalue weighted by Crippen LogP contribution is -2.30. The molecule has 0 heterocycles. The monoisotopic (exact) mass is 343 g/mol. The first kappa shape index (κ1) is 16.0. The Morgan fingerprint density at radius 1 is 1.00 bits per heavy atom. The summed E-state index contributed by atoms with van der Waals surface area (Å²) >= 11 is 17.5. The van der Waals surface area contributed by atoms with Crippen molar-refractivity contribution in [3.63, 3.8) is 0 Å². The van der Waals surface area contributed by atoms with Crippen molar-refractivity contribution in [2.45, 2.75) is 13.0 Å². The molecule has 21 heavy (non-hydrogen) atoms. The molecule has 1 N–H and O–H groups in total. The van der Waals surface area contributed by atoms with Gasteiger partial charge in [-0.3, -0.25) is 4.79 Å². The maximum Gasteiger partial charge on any atom is 0.265 e. The highest BCUT2D eigenvalue weighted by atomic mass is 35.5. The number of benzene rings is 2. The van der Waals surface area contributed by atoms with Crippen molar-refractivity contribution in [1.29, 1.82) is 0 Å². The van der Waals surface area contributed by atoms with Crippen molar-refractivity contribution in [3.8, 4) is 5.75 Å².